The molecule has 7 N–H and O–H groups in total. The molecule has 2 saturated carbocycles. The molecule has 2 aliphatic carbocycles. The van der Waals surface area contributed by atoms with E-state index < -0.39 is 17.9 Å². The molecule has 1 aromatic heterocycles. The Kier molecular flexibility index (Phi) is 14.6. The van der Waals surface area contributed by atoms with Crippen molar-refractivity contribution in [3.63, 3.8) is 0 Å². The van der Waals surface area contributed by atoms with Crippen LogP contribution in [0.2, 0.25) is 0 Å². The summed E-state index contributed by atoms with van der Waals surface area (Å²) < 4.78 is 12.0. The van der Waals surface area contributed by atoms with Gasteiger partial charge in [-0.3, -0.25) is 4.79 Å². The van der Waals surface area contributed by atoms with Gasteiger partial charge in [-0.05, 0) is 97.9 Å². The third kappa shape index (κ3) is 9.46. The van der Waals surface area contributed by atoms with Crippen molar-refractivity contribution in [3.8, 4) is 0 Å². The maximum Gasteiger partial charge on any atom is 0.342 e. The zero-order chi connectivity index (χ0) is 32.3. The van der Waals surface area contributed by atoms with Gasteiger partial charge in [0.15, 0.2) is 0 Å². The number of allylic oxidation sites excluding steroid dienone is 1. The average molecular weight is 675 g/mol. The summed E-state index contributed by atoms with van der Waals surface area (Å²) >= 11 is 0. The van der Waals surface area contributed by atoms with Crippen LogP contribution in [0.25, 0.3) is 6.08 Å². The molecule has 12 heteroatoms. The molecule has 1 radical (unpaired) electrons. The Balaban J connectivity index is 0.00000159. The van der Waals surface area contributed by atoms with Gasteiger partial charge in [-0.1, -0.05) is 47.4 Å². The molecule has 1 aromatic rings. The van der Waals surface area contributed by atoms with E-state index in [0.717, 1.165) is 32.6 Å². The van der Waals surface area contributed by atoms with Crippen molar-refractivity contribution >= 4 is 35.6 Å². The van der Waals surface area contributed by atoms with Crippen LogP contribution in [-0.2, 0) is 35.8 Å². The monoisotopic (exact) mass is 674 g/mol. The number of carbonyl (C=O) groups is 3. The molecule has 255 valence electrons. The first-order valence-corrected chi connectivity index (χ1v) is 15.3. The summed E-state index contributed by atoms with van der Waals surface area (Å²) in [6.07, 6.45) is 5.52. The number of carboxylic acid groups (broad SMARTS) is 1. The number of amidine groups is 1. The fourth-order valence-corrected chi connectivity index (χ4v) is 7.32. The van der Waals surface area contributed by atoms with Crippen LogP contribution >= 0.6 is 0 Å². The summed E-state index contributed by atoms with van der Waals surface area (Å²) in [5, 5.41) is 7.42. The largest absolute Gasteiger partial charge is 0.494 e. The molecule has 1 aliphatic heterocycles. The van der Waals surface area contributed by atoms with Crippen LogP contribution in [0.5, 0.6) is 0 Å². The number of nitrogens with zero attached hydrogens (tertiary/aromatic N) is 2. The second-order valence-electron chi connectivity index (χ2n) is 13.2. The summed E-state index contributed by atoms with van der Waals surface area (Å²) in [5.41, 5.74) is 15.2. The Hall–Kier alpha value is -3.09. The fourth-order valence-electron chi connectivity index (χ4n) is 7.32. The molecular formula is C33H51CoN4O7-. The summed E-state index contributed by atoms with van der Waals surface area (Å²) in [7, 11) is 0. The summed E-state index contributed by atoms with van der Waals surface area (Å²) in [4.78, 5) is 44.3. The molecule has 0 aromatic carbocycles. The number of anilines is 1. The quantitative estimate of drug-likeness (QED) is 0.371. The normalized spacial score (nSPS) is 30.2. The maximum absolute atomic E-state index is 13.2. The zero-order valence-corrected chi connectivity index (χ0v) is 28.9. The number of nitrogen functional groups attached to an aromatic ring is 1. The van der Waals surface area contributed by atoms with E-state index in [1.807, 2.05) is 0 Å². The minimum atomic E-state index is -0.833. The van der Waals surface area contributed by atoms with Gasteiger partial charge in [0.05, 0.1) is 11.3 Å². The van der Waals surface area contributed by atoms with E-state index in [4.69, 9.17) is 30.8 Å². The van der Waals surface area contributed by atoms with Crippen LogP contribution in [-0.4, -0.2) is 46.5 Å². The van der Waals surface area contributed by atoms with E-state index in [0.29, 0.717) is 34.4 Å². The number of esters is 2. The van der Waals surface area contributed by atoms with Crippen LogP contribution in [0.15, 0.2) is 21.8 Å². The first kappa shape index (κ1) is 39.9. The van der Waals surface area contributed by atoms with Gasteiger partial charge >= 0.3 is 11.9 Å². The number of carbonyl (C=O) groups excluding carboxylic acids is 2. The van der Waals surface area contributed by atoms with E-state index in [1.165, 1.54) is 0 Å². The predicted molar refractivity (Wildman–Crippen MR) is 171 cm³/mol. The summed E-state index contributed by atoms with van der Waals surface area (Å²) in [6, 6.07) is 0. The van der Waals surface area contributed by atoms with Gasteiger partial charge in [0.25, 0.3) is 5.97 Å². The predicted octanol–water partition coefficient (Wildman–Crippen LogP) is 4.67. The molecule has 11 nitrogen and oxygen atoms in total. The van der Waals surface area contributed by atoms with Crippen molar-refractivity contribution in [1.29, 1.82) is 0 Å². The zero-order valence-electron chi connectivity index (χ0n) is 27.9. The van der Waals surface area contributed by atoms with Crippen molar-refractivity contribution in [3.05, 3.63) is 33.7 Å². The molecule has 0 amide bonds. The maximum atomic E-state index is 13.2. The fraction of sp³-hybridized carbons (Fsp3) is 0.636. The molecule has 0 spiro atoms. The Morgan fingerprint density at radius 2 is 1.24 bits per heavy atom. The Morgan fingerprint density at radius 3 is 1.67 bits per heavy atom. The number of aromatic nitrogens is 1. The number of hydrogen-bond acceptors (Lipinski definition) is 8. The molecule has 4 unspecified atom stereocenters. The number of carboxylic acids is 1. The number of rotatable bonds is 5. The molecular weight excluding hydrogens is 623 g/mol. The topological polar surface area (TPSA) is 200 Å². The van der Waals surface area contributed by atoms with Crippen molar-refractivity contribution in [1.82, 2.24) is 4.98 Å². The van der Waals surface area contributed by atoms with E-state index in [1.54, 1.807) is 19.9 Å². The number of nitrogens with two attached hydrogens (primary N) is 2. The minimum absolute atomic E-state index is 0. The van der Waals surface area contributed by atoms with E-state index in [2.05, 4.69) is 51.5 Å². The van der Waals surface area contributed by atoms with Gasteiger partial charge in [-0.25, -0.2) is 14.6 Å². The third-order valence-electron chi connectivity index (χ3n) is 9.02. The Labute approximate surface area is 277 Å². The first-order valence-electron chi connectivity index (χ1n) is 15.3. The van der Waals surface area contributed by atoms with Crippen LogP contribution in [0.4, 0.5) is 5.82 Å². The van der Waals surface area contributed by atoms with Crippen LogP contribution in [0.3, 0.4) is 0 Å². The SMILES string of the molecule is CC(=O)O.CC1=C(C(=O)OC2C(C)CC(C)CC2C)C(N)=NC1=Cc1[n-]c(N)c(C(=O)OC2C(C)CC(C)CC2C)c1C.O.[Co]. The van der Waals surface area contributed by atoms with Gasteiger partial charge in [0.1, 0.15) is 23.6 Å². The number of aliphatic carboxylic acids is 1. The molecule has 2 fully saturated rings. The first-order chi connectivity index (χ1) is 20.0. The number of ether oxygens (including phenoxy) is 2. The van der Waals surface area contributed by atoms with Gasteiger partial charge in [-0.2, -0.15) is 0 Å². The molecule has 0 saturated heterocycles. The molecule has 4 rings (SSSR count). The van der Waals surface area contributed by atoms with Crippen LogP contribution < -0.4 is 16.5 Å². The Morgan fingerprint density at radius 1 is 0.844 bits per heavy atom. The molecule has 0 bridgehead atoms. The standard InChI is InChI=1S/C31H46N4O4.C2H4O2.Co.H2O/c1-14-9-16(3)26(17(4)10-14)38-30(36)24-20(7)22(34-28(24)32)13-23-21(8)25(29(33)35-23)31(37)39-27-18(5)11-15(2)12-19(27)6;1-2(3)4;;/h13-19,26-27H,9-12H2,1-8H3,(H5,32,33,34,35,36,37);1H3,(H,3,4);;1H2/p-1. The Bertz CT molecular complexity index is 1310. The van der Waals surface area contributed by atoms with Crippen molar-refractivity contribution in [2.75, 3.05) is 5.73 Å². The van der Waals surface area contributed by atoms with Gasteiger partial charge in [0, 0.05) is 23.7 Å². The third-order valence-corrected chi connectivity index (χ3v) is 9.02. The van der Waals surface area contributed by atoms with Crippen molar-refractivity contribution in [2.24, 2.45) is 46.2 Å². The summed E-state index contributed by atoms with van der Waals surface area (Å²) in [6.45, 7) is 17.7. The van der Waals surface area contributed by atoms with Gasteiger partial charge in [0.2, 0.25) is 0 Å². The van der Waals surface area contributed by atoms with E-state index in [-0.39, 0.29) is 80.9 Å². The molecule has 45 heavy (non-hydrogen) atoms. The number of hydrogen-bond donors (Lipinski definition) is 3. The van der Waals surface area contributed by atoms with Crippen LogP contribution in [0, 0.1) is 42.4 Å². The molecule has 2 heterocycles. The smallest absolute Gasteiger partial charge is 0.342 e. The van der Waals surface area contributed by atoms with Gasteiger partial charge < -0.3 is 36.5 Å². The number of aliphatic imine (C=N–C) groups is 1. The molecule has 3 aliphatic rings. The minimum Gasteiger partial charge on any atom is -0.494 e. The van der Waals surface area contributed by atoms with Crippen molar-refractivity contribution in [2.45, 2.75) is 100 Å². The van der Waals surface area contributed by atoms with E-state index in [9.17, 15) is 9.59 Å². The second kappa shape index (κ2) is 16.5. The van der Waals surface area contributed by atoms with Crippen molar-refractivity contribution < 1.29 is 51.2 Å². The molecule has 4 atom stereocenters. The van der Waals surface area contributed by atoms with Crippen LogP contribution in [0.1, 0.15) is 103 Å². The average Bonchev–Trinajstić information content (AvgIpc) is 3.31. The van der Waals surface area contributed by atoms with E-state index >= 15 is 0 Å². The second-order valence-corrected chi connectivity index (χ2v) is 13.2. The summed E-state index contributed by atoms with van der Waals surface area (Å²) in [5.74, 6) is 0.879. The van der Waals surface area contributed by atoms with Gasteiger partial charge in [-0.15, -0.1) is 0 Å².